The average molecular weight is 304 g/mol. The molecule has 1 heterocycles. The van der Waals surface area contributed by atoms with Crippen LogP contribution in [0.3, 0.4) is 0 Å². The van der Waals surface area contributed by atoms with Gasteiger partial charge in [0.2, 0.25) is 5.91 Å². The second-order valence-electron chi connectivity index (χ2n) is 4.78. The van der Waals surface area contributed by atoms with Crippen molar-refractivity contribution in [3.05, 3.63) is 34.6 Å². The lowest BCUT2D eigenvalue weighted by Gasteiger charge is -2.23. The van der Waals surface area contributed by atoms with Crippen molar-refractivity contribution in [1.82, 2.24) is 4.90 Å². The van der Waals surface area contributed by atoms with E-state index in [4.69, 9.17) is 23.2 Å². The number of benzene rings is 1. The summed E-state index contributed by atoms with van der Waals surface area (Å²) in [5.74, 6) is -0.622. The van der Waals surface area contributed by atoms with Crippen LogP contribution in [0.25, 0.3) is 0 Å². The average Bonchev–Trinajstić information content (AvgIpc) is 2.69. The first kappa shape index (κ1) is 14.6. The summed E-state index contributed by atoms with van der Waals surface area (Å²) in [7, 11) is 0. The van der Waals surface area contributed by atoms with Crippen LogP contribution in [-0.4, -0.2) is 23.9 Å². The lowest BCUT2D eigenvalue weighted by Crippen LogP contribution is -2.34. The number of carbonyl (C=O) groups is 1. The summed E-state index contributed by atoms with van der Waals surface area (Å²) in [6, 6.07) is 4.17. The molecule has 1 atom stereocenters. The Kier molecular flexibility index (Phi) is 5.06. The predicted molar refractivity (Wildman–Crippen MR) is 75.1 cm³/mol. The Labute approximate surface area is 122 Å². The number of carbonyl (C=O) groups excluding carboxylic acids is 1. The van der Waals surface area contributed by atoms with Crippen molar-refractivity contribution >= 4 is 29.1 Å². The Morgan fingerprint density at radius 1 is 1.21 bits per heavy atom. The SMILES string of the molecule is O=C(C(Cl)c1ccc(F)c(Cl)c1)N1CCCCCC1. The zero-order valence-corrected chi connectivity index (χ0v) is 12.1. The molecule has 104 valence electrons. The van der Waals surface area contributed by atoms with E-state index in [0.29, 0.717) is 5.56 Å². The van der Waals surface area contributed by atoms with Gasteiger partial charge in [-0.1, -0.05) is 30.5 Å². The number of halogens is 3. The van der Waals surface area contributed by atoms with Gasteiger partial charge in [-0.05, 0) is 30.5 Å². The molecular weight excluding hydrogens is 288 g/mol. The minimum atomic E-state index is -0.795. The lowest BCUT2D eigenvalue weighted by atomic mass is 10.1. The van der Waals surface area contributed by atoms with Crippen LogP contribution in [-0.2, 0) is 4.79 Å². The standard InChI is InChI=1S/C14H16Cl2FNO/c15-11-9-10(5-6-12(11)17)13(16)14(19)18-7-3-1-2-4-8-18/h5-6,9,13H,1-4,7-8H2. The highest BCUT2D eigenvalue weighted by atomic mass is 35.5. The minimum Gasteiger partial charge on any atom is -0.341 e. The van der Waals surface area contributed by atoms with E-state index in [-0.39, 0.29) is 10.9 Å². The van der Waals surface area contributed by atoms with Crippen LogP contribution in [0.5, 0.6) is 0 Å². The molecule has 0 aliphatic carbocycles. The predicted octanol–water partition coefficient (Wildman–Crippen LogP) is 4.16. The van der Waals surface area contributed by atoms with Crippen LogP contribution in [0.2, 0.25) is 5.02 Å². The number of hydrogen-bond acceptors (Lipinski definition) is 1. The van der Waals surface area contributed by atoms with Gasteiger partial charge in [0.1, 0.15) is 11.2 Å². The molecule has 1 aromatic carbocycles. The highest BCUT2D eigenvalue weighted by molar-refractivity contribution is 6.32. The van der Waals surface area contributed by atoms with Gasteiger partial charge in [0, 0.05) is 13.1 Å². The second kappa shape index (κ2) is 6.58. The van der Waals surface area contributed by atoms with Crippen molar-refractivity contribution in [3.8, 4) is 0 Å². The monoisotopic (exact) mass is 303 g/mol. The van der Waals surface area contributed by atoms with Crippen LogP contribution in [0.15, 0.2) is 18.2 Å². The molecule has 1 amide bonds. The van der Waals surface area contributed by atoms with Crippen LogP contribution in [0.4, 0.5) is 4.39 Å². The van der Waals surface area contributed by atoms with Crippen molar-refractivity contribution in [3.63, 3.8) is 0 Å². The Morgan fingerprint density at radius 3 is 2.42 bits per heavy atom. The maximum atomic E-state index is 13.1. The van der Waals surface area contributed by atoms with Gasteiger partial charge in [0.25, 0.3) is 0 Å². The first-order valence-electron chi connectivity index (χ1n) is 6.47. The number of likely N-dealkylation sites (tertiary alicyclic amines) is 1. The molecule has 0 radical (unpaired) electrons. The highest BCUT2D eigenvalue weighted by Crippen LogP contribution is 2.27. The van der Waals surface area contributed by atoms with Gasteiger partial charge >= 0.3 is 0 Å². The zero-order chi connectivity index (χ0) is 13.8. The molecule has 1 fully saturated rings. The van der Waals surface area contributed by atoms with Gasteiger partial charge in [-0.2, -0.15) is 0 Å². The minimum absolute atomic E-state index is 0.00758. The smallest absolute Gasteiger partial charge is 0.245 e. The van der Waals surface area contributed by atoms with E-state index in [2.05, 4.69) is 0 Å². The van der Waals surface area contributed by atoms with Crippen LogP contribution >= 0.6 is 23.2 Å². The Hall–Kier alpha value is -0.800. The zero-order valence-electron chi connectivity index (χ0n) is 10.5. The maximum Gasteiger partial charge on any atom is 0.245 e. The molecule has 1 saturated heterocycles. The topological polar surface area (TPSA) is 20.3 Å². The number of amides is 1. The number of rotatable bonds is 2. The lowest BCUT2D eigenvalue weighted by molar-refractivity contribution is -0.130. The molecule has 1 aromatic rings. The van der Waals surface area contributed by atoms with Crippen molar-refractivity contribution in [1.29, 1.82) is 0 Å². The third-order valence-electron chi connectivity index (χ3n) is 3.37. The first-order chi connectivity index (χ1) is 9.09. The van der Waals surface area contributed by atoms with Crippen molar-refractivity contribution in [2.24, 2.45) is 0 Å². The van der Waals surface area contributed by atoms with Crippen LogP contribution in [0, 0.1) is 5.82 Å². The molecule has 0 spiro atoms. The van der Waals surface area contributed by atoms with Gasteiger partial charge < -0.3 is 4.90 Å². The van der Waals surface area contributed by atoms with E-state index in [9.17, 15) is 9.18 Å². The molecule has 19 heavy (non-hydrogen) atoms. The molecular formula is C14H16Cl2FNO. The molecule has 2 rings (SSSR count). The molecule has 1 aliphatic heterocycles. The highest BCUT2D eigenvalue weighted by Gasteiger charge is 2.25. The van der Waals surface area contributed by atoms with E-state index in [1.54, 1.807) is 4.90 Å². The largest absolute Gasteiger partial charge is 0.341 e. The summed E-state index contributed by atoms with van der Waals surface area (Å²) in [6.07, 6.45) is 4.33. The molecule has 1 aliphatic rings. The van der Waals surface area contributed by atoms with Crippen molar-refractivity contribution < 1.29 is 9.18 Å². The van der Waals surface area contributed by atoms with E-state index >= 15 is 0 Å². The van der Waals surface area contributed by atoms with Crippen LogP contribution in [0.1, 0.15) is 36.6 Å². The molecule has 1 unspecified atom stereocenters. The fourth-order valence-electron chi connectivity index (χ4n) is 2.26. The Bertz CT molecular complexity index is 459. The summed E-state index contributed by atoms with van der Waals surface area (Å²) in [4.78, 5) is 14.1. The third-order valence-corrected chi connectivity index (χ3v) is 4.10. The first-order valence-corrected chi connectivity index (χ1v) is 7.29. The Balaban J connectivity index is 2.10. The van der Waals surface area contributed by atoms with Crippen molar-refractivity contribution in [2.45, 2.75) is 31.1 Å². The quantitative estimate of drug-likeness (QED) is 0.751. The summed E-state index contributed by atoms with van der Waals surface area (Å²) >= 11 is 11.9. The van der Waals surface area contributed by atoms with E-state index in [1.807, 2.05) is 0 Å². The number of alkyl halides is 1. The fourth-order valence-corrected chi connectivity index (χ4v) is 2.73. The van der Waals surface area contributed by atoms with Gasteiger partial charge in [-0.25, -0.2) is 4.39 Å². The maximum absolute atomic E-state index is 13.1. The van der Waals surface area contributed by atoms with Gasteiger partial charge in [0.15, 0.2) is 0 Å². The Morgan fingerprint density at radius 2 is 1.84 bits per heavy atom. The normalized spacial score (nSPS) is 17.9. The van der Waals surface area contributed by atoms with Gasteiger partial charge in [0.05, 0.1) is 5.02 Å². The van der Waals surface area contributed by atoms with E-state index < -0.39 is 11.2 Å². The molecule has 0 saturated carbocycles. The van der Waals surface area contributed by atoms with E-state index in [0.717, 1.165) is 38.8 Å². The third kappa shape index (κ3) is 3.61. The summed E-state index contributed by atoms with van der Waals surface area (Å²) in [6.45, 7) is 1.49. The van der Waals surface area contributed by atoms with Gasteiger partial charge in [-0.15, -0.1) is 11.6 Å². The van der Waals surface area contributed by atoms with E-state index in [1.165, 1.54) is 18.2 Å². The second-order valence-corrected chi connectivity index (χ2v) is 5.62. The summed E-state index contributed by atoms with van der Waals surface area (Å²) < 4.78 is 13.1. The summed E-state index contributed by atoms with van der Waals surface area (Å²) in [5, 5.41) is -0.803. The molecule has 0 aromatic heterocycles. The fraction of sp³-hybridized carbons (Fsp3) is 0.500. The molecule has 5 heteroatoms. The van der Waals surface area contributed by atoms with Gasteiger partial charge in [-0.3, -0.25) is 4.79 Å². The summed E-state index contributed by atoms with van der Waals surface area (Å²) in [5.41, 5.74) is 0.544. The molecule has 0 bridgehead atoms. The number of hydrogen-bond donors (Lipinski definition) is 0. The van der Waals surface area contributed by atoms with Crippen molar-refractivity contribution in [2.75, 3.05) is 13.1 Å². The van der Waals surface area contributed by atoms with Crippen LogP contribution < -0.4 is 0 Å². The number of nitrogens with zero attached hydrogens (tertiary/aromatic N) is 1. The molecule has 0 N–H and O–H groups in total. The molecule has 2 nitrogen and oxygen atoms in total.